The molecular formula is C13H13Cl. The molecule has 0 saturated heterocycles. The zero-order valence-corrected chi connectivity index (χ0v) is 9.23. The number of benzene rings is 2. The molecule has 0 nitrogen and oxygen atoms in total. The first-order valence-corrected chi connectivity index (χ1v) is 5.31. The average Bonchev–Trinajstić information content (AvgIpc) is 2.20. The van der Waals surface area contributed by atoms with Gasteiger partial charge in [-0.05, 0) is 41.3 Å². The lowest BCUT2D eigenvalue weighted by Gasteiger charge is -2.08. The molecule has 2 rings (SSSR count). The zero-order chi connectivity index (χ0) is 10.1. The summed E-state index contributed by atoms with van der Waals surface area (Å²) in [6, 6.07) is 10.7. The third-order valence-electron chi connectivity index (χ3n) is 2.80. The maximum absolute atomic E-state index is 5.87. The average molecular weight is 205 g/mol. The minimum Gasteiger partial charge on any atom is -0.122 e. The van der Waals surface area contributed by atoms with Crippen molar-refractivity contribution in [1.29, 1.82) is 0 Å². The molecule has 2 aromatic rings. The maximum atomic E-state index is 5.87. The van der Waals surface area contributed by atoms with Crippen molar-refractivity contribution in [3.8, 4) is 0 Å². The van der Waals surface area contributed by atoms with Crippen molar-refractivity contribution in [1.82, 2.24) is 0 Å². The highest BCUT2D eigenvalue weighted by molar-refractivity contribution is 6.17. The van der Waals surface area contributed by atoms with Gasteiger partial charge in [-0.15, -0.1) is 11.6 Å². The van der Waals surface area contributed by atoms with E-state index in [-0.39, 0.29) is 0 Å². The number of rotatable bonds is 1. The van der Waals surface area contributed by atoms with Crippen molar-refractivity contribution in [3.63, 3.8) is 0 Å². The minimum atomic E-state index is 0.593. The maximum Gasteiger partial charge on any atom is 0.0476 e. The summed E-state index contributed by atoms with van der Waals surface area (Å²) in [6.07, 6.45) is 0. The van der Waals surface area contributed by atoms with Crippen molar-refractivity contribution in [2.75, 3.05) is 0 Å². The smallest absolute Gasteiger partial charge is 0.0476 e. The number of fused-ring (bicyclic) bond motifs is 1. The molecule has 0 atom stereocenters. The van der Waals surface area contributed by atoms with Crippen LogP contribution in [0.2, 0.25) is 0 Å². The molecule has 0 bridgehead atoms. The number of alkyl halides is 1. The van der Waals surface area contributed by atoms with Crippen LogP contribution in [0, 0.1) is 13.8 Å². The lowest BCUT2D eigenvalue weighted by Crippen LogP contribution is -1.88. The van der Waals surface area contributed by atoms with E-state index in [0.717, 1.165) is 0 Å². The first kappa shape index (κ1) is 9.54. The van der Waals surface area contributed by atoms with Crippen molar-refractivity contribution in [2.45, 2.75) is 19.7 Å². The Labute approximate surface area is 89.5 Å². The van der Waals surface area contributed by atoms with Gasteiger partial charge in [0.05, 0.1) is 0 Å². The summed E-state index contributed by atoms with van der Waals surface area (Å²) in [5.41, 5.74) is 3.86. The second-order valence-electron chi connectivity index (χ2n) is 3.65. The second-order valence-corrected chi connectivity index (χ2v) is 3.92. The van der Waals surface area contributed by atoms with Crippen molar-refractivity contribution < 1.29 is 0 Å². The molecule has 0 saturated carbocycles. The van der Waals surface area contributed by atoms with Gasteiger partial charge >= 0.3 is 0 Å². The molecule has 1 heteroatoms. The SMILES string of the molecule is Cc1cccc2c(C)c(CCl)ccc12. The Morgan fingerprint density at radius 2 is 1.79 bits per heavy atom. The van der Waals surface area contributed by atoms with E-state index < -0.39 is 0 Å². The Bertz CT molecular complexity index is 472. The van der Waals surface area contributed by atoms with Gasteiger partial charge in [-0.2, -0.15) is 0 Å². The molecule has 2 aromatic carbocycles. The minimum absolute atomic E-state index is 0.593. The Balaban J connectivity index is 2.84. The van der Waals surface area contributed by atoms with Gasteiger partial charge in [-0.1, -0.05) is 30.3 Å². The summed E-state index contributed by atoms with van der Waals surface area (Å²) in [5, 5.41) is 2.65. The van der Waals surface area contributed by atoms with E-state index in [0.29, 0.717) is 5.88 Å². The number of halogens is 1. The molecule has 0 fully saturated rings. The van der Waals surface area contributed by atoms with Gasteiger partial charge in [0, 0.05) is 5.88 Å². The molecule has 14 heavy (non-hydrogen) atoms. The summed E-state index contributed by atoms with van der Waals surface area (Å²) >= 11 is 5.87. The van der Waals surface area contributed by atoms with E-state index in [2.05, 4.69) is 44.2 Å². The van der Waals surface area contributed by atoms with Crippen LogP contribution in [0.1, 0.15) is 16.7 Å². The molecule has 0 aromatic heterocycles. The van der Waals surface area contributed by atoms with Gasteiger partial charge in [0.2, 0.25) is 0 Å². The van der Waals surface area contributed by atoms with Gasteiger partial charge in [0.15, 0.2) is 0 Å². The van der Waals surface area contributed by atoms with E-state index in [4.69, 9.17) is 11.6 Å². The Hall–Kier alpha value is -1.01. The second kappa shape index (κ2) is 3.62. The van der Waals surface area contributed by atoms with Gasteiger partial charge in [-0.25, -0.2) is 0 Å². The Morgan fingerprint density at radius 1 is 1.00 bits per heavy atom. The molecule has 0 heterocycles. The molecular weight excluding hydrogens is 192 g/mol. The predicted octanol–water partition coefficient (Wildman–Crippen LogP) is 4.20. The van der Waals surface area contributed by atoms with Gasteiger partial charge in [0.25, 0.3) is 0 Å². The summed E-state index contributed by atoms with van der Waals surface area (Å²) in [6.45, 7) is 4.28. The standard InChI is InChI=1S/C13H13Cl/c1-9-4-3-5-13-10(2)11(8-14)6-7-12(9)13/h3-7H,8H2,1-2H3. The molecule has 0 N–H and O–H groups in total. The topological polar surface area (TPSA) is 0 Å². The fraction of sp³-hybridized carbons (Fsp3) is 0.231. The van der Waals surface area contributed by atoms with Crippen LogP contribution in [0.3, 0.4) is 0 Å². The first-order valence-electron chi connectivity index (χ1n) is 4.78. The summed E-state index contributed by atoms with van der Waals surface area (Å²) < 4.78 is 0. The largest absolute Gasteiger partial charge is 0.122 e. The predicted molar refractivity (Wildman–Crippen MR) is 63.0 cm³/mol. The van der Waals surface area contributed by atoms with Crippen molar-refractivity contribution in [3.05, 3.63) is 47.0 Å². The van der Waals surface area contributed by atoms with Crippen LogP contribution < -0.4 is 0 Å². The van der Waals surface area contributed by atoms with Crippen LogP contribution in [0.4, 0.5) is 0 Å². The van der Waals surface area contributed by atoms with E-state index >= 15 is 0 Å². The van der Waals surface area contributed by atoms with Crippen LogP contribution in [-0.4, -0.2) is 0 Å². The van der Waals surface area contributed by atoms with Gasteiger partial charge in [-0.3, -0.25) is 0 Å². The van der Waals surface area contributed by atoms with E-state index in [1.165, 1.54) is 27.5 Å². The molecule has 0 aliphatic rings. The normalized spacial score (nSPS) is 10.8. The number of hydrogen-bond donors (Lipinski definition) is 0. The highest BCUT2D eigenvalue weighted by Gasteiger charge is 2.03. The summed E-state index contributed by atoms with van der Waals surface area (Å²) in [7, 11) is 0. The number of hydrogen-bond acceptors (Lipinski definition) is 0. The lowest BCUT2D eigenvalue weighted by molar-refractivity contribution is 1.33. The van der Waals surface area contributed by atoms with Gasteiger partial charge in [0.1, 0.15) is 0 Å². The van der Waals surface area contributed by atoms with Gasteiger partial charge < -0.3 is 0 Å². The van der Waals surface area contributed by atoms with Crippen LogP contribution >= 0.6 is 11.6 Å². The van der Waals surface area contributed by atoms with Crippen LogP contribution in [-0.2, 0) is 5.88 Å². The summed E-state index contributed by atoms with van der Waals surface area (Å²) in [4.78, 5) is 0. The highest BCUT2D eigenvalue weighted by atomic mass is 35.5. The van der Waals surface area contributed by atoms with E-state index in [1.54, 1.807) is 0 Å². The fourth-order valence-electron chi connectivity index (χ4n) is 1.86. The van der Waals surface area contributed by atoms with E-state index in [9.17, 15) is 0 Å². The fourth-order valence-corrected chi connectivity index (χ4v) is 2.15. The monoisotopic (exact) mass is 204 g/mol. The highest BCUT2D eigenvalue weighted by Crippen LogP contribution is 2.25. The van der Waals surface area contributed by atoms with E-state index in [1.807, 2.05) is 0 Å². The zero-order valence-electron chi connectivity index (χ0n) is 8.47. The molecule has 0 spiro atoms. The Morgan fingerprint density at radius 3 is 2.50 bits per heavy atom. The Kier molecular flexibility index (Phi) is 2.47. The van der Waals surface area contributed by atoms with Crippen molar-refractivity contribution in [2.24, 2.45) is 0 Å². The van der Waals surface area contributed by atoms with Crippen LogP contribution in [0.5, 0.6) is 0 Å². The molecule has 0 aliphatic carbocycles. The molecule has 0 unspecified atom stereocenters. The number of aryl methyl sites for hydroxylation is 2. The van der Waals surface area contributed by atoms with Crippen LogP contribution in [0.25, 0.3) is 10.8 Å². The third-order valence-corrected chi connectivity index (χ3v) is 3.09. The van der Waals surface area contributed by atoms with Crippen molar-refractivity contribution >= 4 is 22.4 Å². The molecule has 0 aliphatic heterocycles. The van der Waals surface area contributed by atoms with Crippen LogP contribution in [0.15, 0.2) is 30.3 Å². The quantitative estimate of drug-likeness (QED) is 0.611. The molecule has 0 radical (unpaired) electrons. The molecule has 72 valence electrons. The first-order chi connectivity index (χ1) is 6.74. The molecule has 0 amide bonds. The lowest BCUT2D eigenvalue weighted by atomic mass is 9.98. The third kappa shape index (κ3) is 1.40. The summed E-state index contributed by atoms with van der Waals surface area (Å²) in [5.74, 6) is 0.593.